The van der Waals surface area contributed by atoms with E-state index in [4.69, 9.17) is 10.00 Å². The average molecular weight is 585 g/mol. The monoisotopic (exact) mass is 584 g/mol. The molecular weight excluding hydrogens is 535 g/mol. The zero-order chi connectivity index (χ0) is 31.8. The van der Waals surface area contributed by atoms with E-state index in [9.17, 15) is 4.39 Å². The molecule has 3 aromatic rings. The van der Waals surface area contributed by atoms with Crippen molar-refractivity contribution in [2.75, 3.05) is 13.7 Å². The summed E-state index contributed by atoms with van der Waals surface area (Å²) in [7, 11) is 1.67. The van der Waals surface area contributed by atoms with Crippen LogP contribution in [0.25, 0.3) is 16.5 Å². The van der Waals surface area contributed by atoms with Gasteiger partial charge in [0.2, 0.25) is 0 Å². The summed E-state index contributed by atoms with van der Waals surface area (Å²) in [5, 5.41) is 21.3. The number of methoxy groups -OCH3 is 1. The maximum absolute atomic E-state index is 12.1. The van der Waals surface area contributed by atoms with E-state index in [1.807, 2.05) is 52.0 Å². The Morgan fingerprint density at radius 3 is 2.28 bits per heavy atom. The van der Waals surface area contributed by atoms with E-state index in [-0.39, 0.29) is 12.1 Å². The Bertz CT molecular complexity index is 1400. The summed E-state index contributed by atoms with van der Waals surface area (Å²) in [5.41, 5.74) is 5.33. The third-order valence-electron chi connectivity index (χ3n) is 7.37. The molecule has 1 unspecified atom stereocenters. The van der Waals surface area contributed by atoms with Crippen molar-refractivity contribution in [1.82, 2.24) is 16.0 Å². The molecule has 1 saturated carbocycles. The summed E-state index contributed by atoms with van der Waals surface area (Å²) in [5.74, 6) is 0.774. The van der Waals surface area contributed by atoms with Gasteiger partial charge in [0.25, 0.3) is 0 Å². The van der Waals surface area contributed by atoms with Gasteiger partial charge >= 0.3 is 0 Å². The van der Waals surface area contributed by atoms with Crippen LogP contribution in [-0.2, 0) is 12.1 Å². The third kappa shape index (κ3) is 9.92. The van der Waals surface area contributed by atoms with E-state index in [0.29, 0.717) is 24.4 Å². The van der Waals surface area contributed by atoms with Crippen molar-refractivity contribution in [3.63, 3.8) is 0 Å². The van der Waals surface area contributed by atoms with Crippen molar-refractivity contribution >= 4 is 16.5 Å². The van der Waals surface area contributed by atoms with Crippen LogP contribution in [0.15, 0.2) is 91.8 Å². The summed E-state index contributed by atoms with van der Waals surface area (Å²) in [6.07, 6.45) is 3.93. The summed E-state index contributed by atoms with van der Waals surface area (Å²) >= 11 is 0. The highest BCUT2D eigenvalue weighted by molar-refractivity contribution is 5.87. The van der Waals surface area contributed by atoms with Crippen molar-refractivity contribution < 1.29 is 9.13 Å². The molecule has 0 spiro atoms. The van der Waals surface area contributed by atoms with E-state index in [1.54, 1.807) is 7.11 Å². The molecule has 5 nitrogen and oxygen atoms in total. The molecule has 0 radical (unpaired) electrons. The number of nitrogens with zero attached hydrogens (tertiary/aromatic N) is 1. The zero-order valence-corrected chi connectivity index (χ0v) is 26.7. The van der Waals surface area contributed by atoms with Crippen LogP contribution in [-0.4, -0.2) is 19.8 Å². The van der Waals surface area contributed by atoms with Crippen LogP contribution in [0.5, 0.6) is 5.75 Å². The molecule has 1 fully saturated rings. The van der Waals surface area contributed by atoms with Gasteiger partial charge in [-0.25, -0.2) is 4.39 Å². The maximum Gasteiger partial charge on any atom is 0.119 e. The summed E-state index contributed by atoms with van der Waals surface area (Å²) in [6.45, 7) is 21.0. The van der Waals surface area contributed by atoms with E-state index in [0.717, 1.165) is 48.3 Å². The molecule has 0 amide bonds. The lowest BCUT2D eigenvalue weighted by molar-refractivity contribution is 0.303. The van der Waals surface area contributed by atoms with Crippen molar-refractivity contribution in [2.24, 2.45) is 0 Å². The molecule has 230 valence electrons. The van der Waals surface area contributed by atoms with Crippen molar-refractivity contribution in [2.45, 2.75) is 78.1 Å². The SMILES string of the molecule is C=C(NCC#N)C(=C)NCc1ccc(OC)cc1C(=C)NC1(c2cccc3ccccc23)CC1.CC.CCCC(F)CC. The first kappa shape index (κ1) is 35.0. The van der Waals surface area contributed by atoms with Crippen LogP contribution in [0.3, 0.4) is 0 Å². The van der Waals surface area contributed by atoms with E-state index >= 15 is 0 Å². The molecule has 0 aliphatic heterocycles. The Labute approximate surface area is 258 Å². The van der Waals surface area contributed by atoms with Gasteiger partial charge < -0.3 is 20.7 Å². The van der Waals surface area contributed by atoms with Crippen LogP contribution in [0.2, 0.25) is 0 Å². The summed E-state index contributed by atoms with van der Waals surface area (Å²) < 4.78 is 17.6. The first-order chi connectivity index (χ1) is 20.8. The van der Waals surface area contributed by atoms with E-state index < -0.39 is 6.17 Å². The van der Waals surface area contributed by atoms with Gasteiger partial charge in [-0.1, -0.05) is 102 Å². The minimum absolute atomic E-state index is 0.120. The standard InChI is InChI=1S/C29H30N4O.C6H13F.C2H6/c1-20(31-17-16-30)21(2)32-19-24-12-13-25(34-4)18-27(24)22(3)33-29(14-15-29)28-11-7-9-23-8-5-6-10-26(23)28;1-3-5-6(7)4-2;1-2/h5-13,18,31-33H,1-3,14-15,17,19H2,4H3;6H,3-5H2,1-2H3;1-2H3. The van der Waals surface area contributed by atoms with Gasteiger partial charge in [-0.2, -0.15) is 5.26 Å². The molecule has 43 heavy (non-hydrogen) atoms. The molecule has 0 heterocycles. The van der Waals surface area contributed by atoms with Gasteiger partial charge in [0.15, 0.2) is 0 Å². The fourth-order valence-electron chi connectivity index (χ4n) is 4.78. The number of rotatable bonds is 14. The van der Waals surface area contributed by atoms with Gasteiger partial charge in [-0.3, -0.25) is 0 Å². The number of fused-ring (bicyclic) bond motifs is 1. The smallest absolute Gasteiger partial charge is 0.119 e. The summed E-state index contributed by atoms with van der Waals surface area (Å²) in [4.78, 5) is 0. The van der Waals surface area contributed by atoms with Crippen molar-refractivity contribution in [3.05, 3.63) is 108 Å². The molecule has 1 atom stereocenters. The quantitative estimate of drug-likeness (QED) is 0.130. The molecule has 1 aliphatic carbocycles. The number of nitriles is 1. The first-order valence-corrected chi connectivity index (χ1v) is 15.3. The Hall–Kier alpha value is -4.24. The lowest BCUT2D eigenvalue weighted by Gasteiger charge is -2.24. The molecule has 0 saturated heterocycles. The molecule has 3 aromatic carbocycles. The lowest BCUT2D eigenvalue weighted by Crippen LogP contribution is -2.28. The van der Waals surface area contributed by atoms with Crippen molar-refractivity contribution in [3.8, 4) is 11.8 Å². The second-order valence-corrected chi connectivity index (χ2v) is 10.4. The fraction of sp³-hybridized carbons (Fsp3) is 0.378. The second-order valence-electron chi connectivity index (χ2n) is 10.4. The topological polar surface area (TPSA) is 69.1 Å². The normalized spacial score (nSPS) is 13.0. The molecule has 0 aromatic heterocycles. The van der Waals surface area contributed by atoms with E-state index in [2.05, 4.69) is 78.2 Å². The number of benzene rings is 3. The molecular formula is C37H49FN4O. The highest BCUT2D eigenvalue weighted by atomic mass is 19.1. The van der Waals surface area contributed by atoms with Gasteiger partial charge in [-0.05, 0) is 59.7 Å². The molecule has 4 rings (SSSR count). The van der Waals surface area contributed by atoms with Crippen LogP contribution in [0.4, 0.5) is 4.39 Å². The minimum Gasteiger partial charge on any atom is -0.497 e. The predicted octanol–water partition coefficient (Wildman–Crippen LogP) is 8.89. The Kier molecular flexibility index (Phi) is 14.4. The third-order valence-corrected chi connectivity index (χ3v) is 7.37. The maximum atomic E-state index is 12.1. The largest absolute Gasteiger partial charge is 0.497 e. The van der Waals surface area contributed by atoms with Gasteiger partial charge in [0, 0.05) is 23.5 Å². The molecule has 3 N–H and O–H groups in total. The Balaban J connectivity index is 0.000000631. The van der Waals surface area contributed by atoms with Gasteiger partial charge in [-0.15, -0.1) is 0 Å². The predicted molar refractivity (Wildman–Crippen MR) is 180 cm³/mol. The summed E-state index contributed by atoms with van der Waals surface area (Å²) in [6, 6.07) is 23.0. The lowest BCUT2D eigenvalue weighted by atomic mass is 9.95. The number of halogens is 1. The number of alkyl halides is 1. The molecule has 0 bridgehead atoms. The van der Waals surface area contributed by atoms with E-state index in [1.165, 1.54) is 16.3 Å². The minimum atomic E-state index is -0.551. The van der Waals surface area contributed by atoms with Crippen molar-refractivity contribution in [1.29, 1.82) is 5.26 Å². The number of ether oxygens (including phenoxy) is 1. The zero-order valence-electron chi connectivity index (χ0n) is 26.7. The fourth-order valence-corrected chi connectivity index (χ4v) is 4.78. The Morgan fingerprint density at radius 1 is 1.00 bits per heavy atom. The van der Waals surface area contributed by atoms with Crippen LogP contribution >= 0.6 is 0 Å². The highest BCUT2D eigenvalue weighted by Gasteiger charge is 2.45. The highest BCUT2D eigenvalue weighted by Crippen LogP contribution is 2.49. The average Bonchev–Trinajstić information content (AvgIpc) is 3.83. The number of nitrogens with one attached hydrogen (secondary N) is 3. The van der Waals surface area contributed by atoms with Gasteiger partial charge in [0.1, 0.15) is 12.3 Å². The number of hydrogen-bond donors (Lipinski definition) is 3. The second kappa shape index (κ2) is 17.7. The molecule has 6 heteroatoms. The van der Waals surface area contributed by atoms with Crippen LogP contribution in [0, 0.1) is 11.3 Å². The van der Waals surface area contributed by atoms with Gasteiger partial charge in [0.05, 0.1) is 30.6 Å². The number of hydrogen-bond acceptors (Lipinski definition) is 5. The van der Waals surface area contributed by atoms with Crippen LogP contribution in [0.1, 0.15) is 76.5 Å². The van der Waals surface area contributed by atoms with Crippen LogP contribution < -0.4 is 20.7 Å². The molecule has 1 aliphatic rings. The first-order valence-electron chi connectivity index (χ1n) is 15.3. The Morgan fingerprint density at radius 2 is 1.67 bits per heavy atom.